The Kier molecular flexibility index (Phi) is 5.42. The molecule has 0 bridgehead atoms. The molecule has 5 nitrogen and oxygen atoms in total. The van der Waals surface area contributed by atoms with Crippen molar-refractivity contribution >= 4 is 11.7 Å². The lowest BCUT2D eigenvalue weighted by Crippen LogP contribution is -2.13. The van der Waals surface area contributed by atoms with Crippen LogP contribution in [0.2, 0.25) is 0 Å². The number of pyridine rings is 1. The maximum atomic E-state index is 13.0. The van der Waals surface area contributed by atoms with Gasteiger partial charge in [0.05, 0.1) is 31.5 Å². The predicted octanol–water partition coefficient (Wildman–Crippen LogP) is 2.93. The number of carbonyl (C=O) groups excluding carboxylic acids is 1. The van der Waals surface area contributed by atoms with E-state index in [1.165, 1.54) is 19.2 Å². The average molecular weight is 356 g/mol. The smallest absolute Gasteiger partial charge is 0.218 e. The molecule has 1 aromatic heterocycles. The number of aliphatic hydroxyl groups is 1. The van der Waals surface area contributed by atoms with E-state index in [1.807, 2.05) is 13.0 Å². The van der Waals surface area contributed by atoms with E-state index in [9.17, 15) is 14.3 Å². The zero-order chi connectivity index (χ0) is 18.7. The number of rotatable bonds is 6. The Labute approximate surface area is 151 Å². The standard InChI is InChI=1S/C20H21FN2O3/c1-12(13-3-5-15(21)6-4-13)7-17(25)9-16-8-14-10-22-20(26-2)19(14)18(11-24)23-16/h3-6,8,12,24H,7,9-11H2,1-2H3/t12-/m0/s1. The van der Waals surface area contributed by atoms with Crippen molar-refractivity contribution in [1.29, 1.82) is 0 Å². The summed E-state index contributed by atoms with van der Waals surface area (Å²) < 4.78 is 18.2. The highest BCUT2D eigenvalue weighted by molar-refractivity contribution is 5.98. The number of hydrogen-bond donors (Lipinski definition) is 1. The molecule has 136 valence electrons. The van der Waals surface area contributed by atoms with Crippen molar-refractivity contribution in [1.82, 2.24) is 4.98 Å². The second-order valence-electron chi connectivity index (χ2n) is 6.45. The highest BCUT2D eigenvalue weighted by Crippen LogP contribution is 2.25. The van der Waals surface area contributed by atoms with Gasteiger partial charge in [-0.15, -0.1) is 0 Å². The van der Waals surface area contributed by atoms with Crippen molar-refractivity contribution in [2.45, 2.75) is 38.8 Å². The fourth-order valence-electron chi connectivity index (χ4n) is 3.24. The third-order valence-electron chi connectivity index (χ3n) is 4.53. The lowest BCUT2D eigenvalue weighted by Gasteiger charge is -2.12. The van der Waals surface area contributed by atoms with E-state index >= 15 is 0 Å². The van der Waals surface area contributed by atoms with E-state index in [2.05, 4.69) is 9.98 Å². The molecule has 6 heteroatoms. The fourth-order valence-corrected chi connectivity index (χ4v) is 3.24. The number of fused-ring (bicyclic) bond motifs is 1. The molecule has 0 fully saturated rings. The van der Waals surface area contributed by atoms with Crippen molar-refractivity contribution in [3.8, 4) is 0 Å². The van der Waals surface area contributed by atoms with Crippen LogP contribution in [0, 0.1) is 5.82 Å². The van der Waals surface area contributed by atoms with Crippen LogP contribution in [0.15, 0.2) is 35.3 Å². The molecule has 1 aliphatic rings. The van der Waals surface area contributed by atoms with Crippen LogP contribution in [0.3, 0.4) is 0 Å². The van der Waals surface area contributed by atoms with Crippen LogP contribution in [-0.4, -0.2) is 28.9 Å². The van der Waals surface area contributed by atoms with E-state index in [1.54, 1.807) is 12.1 Å². The van der Waals surface area contributed by atoms with Gasteiger partial charge < -0.3 is 9.84 Å². The van der Waals surface area contributed by atoms with E-state index in [0.29, 0.717) is 30.3 Å². The number of aliphatic hydroxyl groups excluding tert-OH is 1. The molecule has 2 aromatic rings. The van der Waals surface area contributed by atoms with E-state index in [4.69, 9.17) is 4.74 Å². The van der Waals surface area contributed by atoms with Crippen LogP contribution in [-0.2, 0) is 29.1 Å². The second kappa shape index (κ2) is 7.74. The fraction of sp³-hybridized carbons (Fsp3) is 0.350. The molecule has 26 heavy (non-hydrogen) atoms. The van der Waals surface area contributed by atoms with Gasteiger partial charge in [-0.05, 0) is 35.2 Å². The lowest BCUT2D eigenvalue weighted by molar-refractivity contribution is -0.118. The summed E-state index contributed by atoms with van der Waals surface area (Å²) >= 11 is 0. The molecule has 1 N–H and O–H groups in total. The molecular weight excluding hydrogens is 335 g/mol. The third-order valence-corrected chi connectivity index (χ3v) is 4.53. The minimum Gasteiger partial charge on any atom is -0.481 e. The SMILES string of the molecule is COC1=NCc2cc(CC(=O)C[C@H](C)c3ccc(F)cc3)nc(CO)c21. The first-order chi connectivity index (χ1) is 12.5. The molecule has 2 heterocycles. The topological polar surface area (TPSA) is 71.8 Å². The number of methoxy groups -OCH3 is 1. The van der Waals surface area contributed by atoms with Crippen LogP contribution in [0.5, 0.6) is 0 Å². The molecule has 1 aliphatic heterocycles. The Bertz CT molecular complexity index is 847. The molecule has 1 aromatic carbocycles. The molecular formula is C20H21FN2O3. The molecule has 0 saturated heterocycles. The Balaban J connectivity index is 1.71. The van der Waals surface area contributed by atoms with Crippen LogP contribution in [0.1, 0.15) is 47.3 Å². The van der Waals surface area contributed by atoms with Crippen molar-refractivity contribution in [2.75, 3.05) is 7.11 Å². The van der Waals surface area contributed by atoms with Gasteiger partial charge in [-0.1, -0.05) is 19.1 Å². The van der Waals surface area contributed by atoms with Crippen LogP contribution in [0.25, 0.3) is 0 Å². The summed E-state index contributed by atoms with van der Waals surface area (Å²) in [4.78, 5) is 21.1. The molecule has 0 aliphatic carbocycles. The maximum Gasteiger partial charge on any atom is 0.218 e. The summed E-state index contributed by atoms with van der Waals surface area (Å²) in [5.74, 6) is 0.227. The minimum absolute atomic E-state index is 0.00160. The Hall–Kier alpha value is -2.60. The molecule has 3 rings (SSSR count). The van der Waals surface area contributed by atoms with E-state index < -0.39 is 0 Å². The normalized spacial score (nSPS) is 13.9. The largest absolute Gasteiger partial charge is 0.481 e. The van der Waals surface area contributed by atoms with Crippen molar-refractivity contribution in [2.24, 2.45) is 4.99 Å². The van der Waals surface area contributed by atoms with Gasteiger partial charge in [0, 0.05) is 18.5 Å². The van der Waals surface area contributed by atoms with Crippen molar-refractivity contribution in [3.05, 3.63) is 64.2 Å². The zero-order valence-electron chi connectivity index (χ0n) is 14.8. The van der Waals surface area contributed by atoms with Gasteiger partial charge in [0.1, 0.15) is 11.6 Å². The number of aromatic nitrogens is 1. The number of aliphatic imine (C=N–C) groups is 1. The first-order valence-corrected chi connectivity index (χ1v) is 8.50. The van der Waals surface area contributed by atoms with Gasteiger partial charge >= 0.3 is 0 Å². The summed E-state index contributed by atoms with van der Waals surface area (Å²) in [5, 5.41) is 9.60. The maximum absolute atomic E-state index is 13.0. The van der Waals surface area contributed by atoms with Crippen molar-refractivity contribution in [3.63, 3.8) is 0 Å². The van der Waals surface area contributed by atoms with Crippen LogP contribution in [0.4, 0.5) is 4.39 Å². The summed E-state index contributed by atoms with van der Waals surface area (Å²) in [7, 11) is 1.53. The van der Waals surface area contributed by atoms with Gasteiger partial charge in [-0.3, -0.25) is 9.78 Å². The number of Topliss-reactive ketones (excluding diaryl/α,β-unsaturated/α-hetero) is 1. The Morgan fingerprint density at radius 2 is 2.08 bits per heavy atom. The van der Waals surface area contributed by atoms with Gasteiger partial charge in [0.2, 0.25) is 5.90 Å². The van der Waals surface area contributed by atoms with Gasteiger partial charge in [-0.2, -0.15) is 0 Å². The molecule has 0 unspecified atom stereocenters. The molecule has 1 atom stereocenters. The highest BCUT2D eigenvalue weighted by Gasteiger charge is 2.23. The lowest BCUT2D eigenvalue weighted by atomic mass is 9.94. The van der Waals surface area contributed by atoms with Gasteiger partial charge in [-0.25, -0.2) is 9.38 Å². The molecule has 0 saturated carbocycles. The number of halogens is 1. The molecule has 0 spiro atoms. The molecule has 0 radical (unpaired) electrons. The first-order valence-electron chi connectivity index (χ1n) is 8.50. The van der Waals surface area contributed by atoms with Gasteiger partial charge in [0.25, 0.3) is 0 Å². The Morgan fingerprint density at radius 1 is 1.35 bits per heavy atom. The number of benzene rings is 1. The third kappa shape index (κ3) is 3.80. The number of carbonyl (C=O) groups is 1. The monoisotopic (exact) mass is 356 g/mol. The van der Waals surface area contributed by atoms with E-state index in [-0.39, 0.29) is 30.5 Å². The quantitative estimate of drug-likeness (QED) is 0.864. The second-order valence-corrected chi connectivity index (χ2v) is 6.45. The number of hydrogen-bond acceptors (Lipinski definition) is 5. The Morgan fingerprint density at radius 3 is 2.73 bits per heavy atom. The highest BCUT2D eigenvalue weighted by atomic mass is 19.1. The minimum atomic E-state index is -0.288. The van der Waals surface area contributed by atoms with Crippen LogP contribution >= 0.6 is 0 Å². The summed E-state index contributed by atoms with van der Waals surface area (Å²) in [6, 6.07) is 8.06. The summed E-state index contributed by atoms with van der Waals surface area (Å²) in [5.41, 5.74) is 3.67. The van der Waals surface area contributed by atoms with Gasteiger partial charge in [0.15, 0.2) is 0 Å². The average Bonchev–Trinajstić information content (AvgIpc) is 3.04. The summed E-state index contributed by atoms with van der Waals surface area (Å²) in [6.07, 6.45) is 0.535. The number of nitrogens with zero attached hydrogens (tertiary/aromatic N) is 2. The van der Waals surface area contributed by atoms with Crippen molar-refractivity contribution < 1.29 is 19.0 Å². The number of ether oxygens (including phenoxy) is 1. The number of ketones is 1. The van der Waals surface area contributed by atoms with E-state index in [0.717, 1.165) is 16.7 Å². The zero-order valence-corrected chi connectivity index (χ0v) is 14.8. The molecule has 0 amide bonds. The summed E-state index contributed by atoms with van der Waals surface area (Å²) in [6.45, 7) is 2.17. The first kappa shape index (κ1) is 18.2. The van der Waals surface area contributed by atoms with Crippen LogP contribution < -0.4 is 0 Å². The predicted molar refractivity (Wildman–Crippen MR) is 95.6 cm³/mol.